The molecular formula is C23H44N4O6. The minimum absolute atomic E-state index is 0.135. The van der Waals surface area contributed by atoms with Gasteiger partial charge in [-0.15, -0.1) is 0 Å². The predicted octanol–water partition coefficient (Wildman–Crippen LogP) is 0.352. The van der Waals surface area contributed by atoms with Crippen molar-refractivity contribution >= 4 is 17.9 Å². The monoisotopic (exact) mass is 472 g/mol. The molecule has 1 atom stereocenters. The highest BCUT2D eigenvalue weighted by Crippen LogP contribution is 2.12. The number of ether oxygens (including phenoxy) is 3. The molecular weight excluding hydrogens is 428 g/mol. The van der Waals surface area contributed by atoms with Crippen LogP contribution in [0.5, 0.6) is 0 Å². The van der Waals surface area contributed by atoms with Gasteiger partial charge < -0.3 is 24.4 Å². The van der Waals surface area contributed by atoms with Gasteiger partial charge in [-0.3, -0.25) is 24.2 Å². The summed E-state index contributed by atoms with van der Waals surface area (Å²) < 4.78 is 15.3. The van der Waals surface area contributed by atoms with E-state index in [1.165, 1.54) is 14.2 Å². The maximum Gasteiger partial charge on any atom is 0.323 e. The molecule has 0 aromatic heterocycles. The molecule has 1 N–H and O–H groups in total. The van der Waals surface area contributed by atoms with E-state index in [4.69, 9.17) is 14.2 Å². The Morgan fingerprint density at radius 1 is 0.879 bits per heavy atom. The van der Waals surface area contributed by atoms with E-state index >= 15 is 0 Å². The van der Waals surface area contributed by atoms with Crippen LogP contribution in [0.1, 0.15) is 40.5 Å². The molecule has 0 aliphatic carbocycles. The molecule has 1 heterocycles. The third-order valence-corrected chi connectivity index (χ3v) is 5.60. The first-order chi connectivity index (χ1) is 15.6. The maximum atomic E-state index is 12.6. The summed E-state index contributed by atoms with van der Waals surface area (Å²) in [5, 5.41) is 3.44. The first-order valence-corrected chi connectivity index (χ1v) is 11.9. The van der Waals surface area contributed by atoms with Crippen LogP contribution < -0.4 is 5.32 Å². The van der Waals surface area contributed by atoms with Crippen LogP contribution in [-0.4, -0.2) is 124 Å². The van der Waals surface area contributed by atoms with E-state index in [1.54, 1.807) is 0 Å². The Labute approximate surface area is 198 Å². The molecule has 0 saturated carbocycles. The fraction of sp³-hybridized carbons (Fsp3) is 0.870. The van der Waals surface area contributed by atoms with Gasteiger partial charge in [0.2, 0.25) is 0 Å². The normalized spacial score (nSPS) is 19.1. The lowest BCUT2D eigenvalue weighted by Gasteiger charge is -2.34. The summed E-state index contributed by atoms with van der Waals surface area (Å²) in [4.78, 5) is 43.2. The van der Waals surface area contributed by atoms with E-state index in [9.17, 15) is 14.4 Å². The Morgan fingerprint density at radius 3 is 2.03 bits per heavy atom. The summed E-state index contributed by atoms with van der Waals surface area (Å²) in [6, 6.07) is -0.558. The largest absolute Gasteiger partial charge is 0.469 e. The van der Waals surface area contributed by atoms with Crippen LogP contribution in [-0.2, 0) is 28.6 Å². The number of rotatable bonds is 8. The number of nitrogens with zero attached hydrogens (tertiary/aromatic N) is 3. The fourth-order valence-electron chi connectivity index (χ4n) is 3.76. The standard InChI is InChI=1S/C23H44N4O6/c1-7-25-12-10-24-11-13-26(18-21(29)33-23(2,3)4)15-17-27(16-14-25)19(22(30)32-6)8-9-20(28)31-5/h19,24H,7-18H2,1-6H3. The summed E-state index contributed by atoms with van der Waals surface area (Å²) in [5.74, 6) is -0.992. The van der Waals surface area contributed by atoms with Crippen molar-refractivity contribution < 1.29 is 28.6 Å². The summed E-state index contributed by atoms with van der Waals surface area (Å²) in [5.41, 5.74) is -0.540. The van der Waals surface area contributed by atoms with Gasteiger partial charge in [-0.25, -0.2) is 0 Å². The van der Waals surface area contributed by atoms with Crippen molar-refractivity contribution in [2.75, 3.05) is 79.7 Å². The average Bonchev–Trinajstić information content (AvgIpc) is 2.74. The lowest BCUT2D eigenvalue weighted by Crippen LogP contribution is -2.51. The quantitative estimate of drug-likeness (QED) is 0.393. The smallest absolute Gasteiger partial charge is 0.323 e. The van der Waals surface area contributed by atoms with Gasteiger partial charge in [0.25, 0.3) is 0 Å². The van der Waals surface area contributed by atoms with Crippen LogP contribution in [0, 0.1) is 0 Å². The number of carbonyl (C=O) groups is 3. The second-order valence-corrected chi connectivity index (χ2v) is 9.24. The highest BCUT2D eigenvalue weighted by atomic mass is 16.6. The van der Waals surface area contributed by atoms with Gasteiger partial charge in [-0.1, -0.05) is 6.92 Å². The second kappa shape index (κ2) is 15.2. The van der Waals surface area contributed by atoms with E-state index < -0.39 is 11.6 Å². The Bertz CT molecular complexity index is 610. The predicted molar refractivity (Wildman–Crippen MR) is 126 cm³/mol. The van der Waals surface area contributed by atoms with Gasteiger partial charge in [0.05, 0.1) is 20.8 Å². The number of carbonyl (C=O) groups excluding carboxylic acids is 3. The van der Waals surface area contributed by atoms with Crippen molar-refractivity contribution in [3.63, 3.8) is 0 Å². The summed E-state index contributed by atoms with van der Waals surface area (Å²) in [6.45, 7) is 14.5. The minimum atomic E-state index is -0.558. The third-order valence-electron chi connectivity index (χ3n) is 5.60. The Kier molecular flexibility index (Phi) is 13.5. The molecule has 1 fully saturated rings. The zero-order valence-electron chi connectivity index (χ0n) is 21.4. The van der Waals surface area contributed by atoms with Gasteiger partial charge in [-0.05, 0) is 33.7 Å². The summed E-state index contributed by atoms with van der Waals surface area (Å²) in [7, 11) is 2.70. The number of hydrogen-bond acceptors (Lipinski definition) is 10. The van der Waals surface area contributed by atoms with Crippen molar-refractivity contribution in [1.82, 2.24) is 20.0 Å². The van der Waals surface area contributed by atoms with Crippen LogP contribution in [0.3, 0.4) is 0 Å². The van der Waals surface area contributed by atoms with Crippen LogP contribution in [0.15, 0.2) is 0 Å². The molecule has 33 heavy (non-hydrogen) atoms. The zero-order chi connectivity index (χ0) is 24.9. The molecule has 0 bridgehead atoms. The first-order valence-electron chi connectivity index (χ1n) is 11.9. The van der Waals surface area contributed by atoms with Crippen LogP contribution >= 0.6 is 0 Å². The number of likely N-dealkylation sites (N-methyl/N-ethyl adjacent to an activating group) is 1. The molecule has 1 saturated heterocycles. The molecule has 10 heteroatoms. The van der Waals surface area contributed by atoms with Crippen LogP contribution in [0.4, 0.5) is 0 Å². The lowest BCUT2D eigenvalue weighted by molar-refractivity contribution is -0.156. The van der Waals surface area contributed by atoms with Gasteiger partial charge in [0.15, 0.2) is 0 Å². The van der Waals surface area contributed by atoms with Gasteiger partial charge in [0, 0.05) is 58.8 Å². The van der Waals surface area contributed by atoms with Crippen molar-refractivity contribution in [2.24, 2.45) is 0 Å². The van der Waals surface area contributed by atoms with Crippen molar-refractivity contribution in [3.05, 3.63) is 0 Å². The van der Waals surface area contributed by atoms with E-state index in [1.807, 2.05) is 25.7 Å². The highest BCUT2D eigenvalue weighted by molar-refractivity contribution is 5.77. The number of esters is 3. The van der Waals surface area contributed by atoms with Gasteiger partial charge in [0.1, 0.15) is 11.6 Å². The first kappa shape index (κ1) is 29.3. The SMILES string of the molecule is CCN1CCNCCN(CC(=O)OC(C)(C)C)CCN(C(CCC(=O)OC)C(=O)OC)CC1. The highest BCUT2D eigenvalue weighted by Gasteiger charge is 2.29. The summed E-state index contributed by atoms with van der Waals surface area (Å²) in [6.07, 6.45) is 0.453. The summed E-state index contributed by atoms with van der Waals surface area (Å²) >= 11 is 0. The Morgan fingerprint density at radius 2 is 1.48 bits per heavy atom. The molecule has 0 aromatic carbocycles. The Hall–Kier alpha value is -1.75. The number of methoxy groups -OCH3 is 2. The lowest BCUT2D eigenvalue weighted by atomic mass is 10.1. The number of nitrogens with one attached hydrogen (secondary N) is 1. The molecule has 0 amide bonds. The molecule has 1 rings (SSSR count). The van der Waals surface area contributed by atoms with Crippen LogP contribution in [0.2, 0.25) is 0 Å². The zero-order valence-corrected chi connectivity index (χ0v) is 21.4. The minimum Gasteiger partial charge on any atom is -0.469 e. The van der Waals surface area contributed by atoms with E-state index in [0.717, 1.165) is 32.7 Å². The Balaban J connectivity index is 2.99. The van der Waals surface area contributed by atoms with Crippen molar-refractivity contribution in [1.29, 1.82) is 0 Å². The maximum absolute atomic E-state index is 12.6. The van der Waals surface area contributed by atoms with Gasteiger partial charge >= 0.3 is 17.9 Å². The van der Waals surface area contributed by atoms with Crippen molar-refractivity contribution in [3.8, 4) is 0 Å². The van der Waals surface area contributed by atoms with Crippen molar-refractivity contribution in [2.45, 2.75) is 52.2 Å². The van der Waals surface area contributed by atoms with Crippen LogP contribution in [0.25, 0.3) is 0 Å². The molecule has 1 aliphatic heterocycles. The molecule has 1 aliphatic rings. The fourth-order valence-corrected chi connectivity index (χ4v) is 3.76. The molecule has 1 unspecified atom stereocenters. The van der Waals surface area contributed by atoms with E-state index in [-0.39, 0.29) is 30.9 Å². The van der Waals surface area contributed by atoms with E-state index in [0.29, 0.717) is 32.6 Å². The molecule has 192 valence electrons. The third kappa shape index (κ3) is 12.3. The second-order valence-electron chi connectivity index (χ2n) is 9.24. The van der Waals surface area contributed by atoms with E-state index in [2.05, 4.69) is 22.0 Å². The average molecular weight is 473 g/mol. The molecule has 10 nitrogen and oxygen atoms in total. The van der Waals surface area contributed by atoms with Gasteiger partial charge in [-0.2, -0.15) is 0 Å². The molecule has 0 spiro atoms. The molecule has 0 aromatic rings. The number of hydrogen-bond donors (Lipinski definition) is 1. The topological polar surface area (TPSA) is 101 Å². The molecule has 0 radical (unpaired) electrons.